The SMILES string of the molecule is Cc1cc(OCc2cc(Br)cc3c2OCOC3)cc2c1C(=O)/C(=C/c1cc(Br)cc3c1OCOC3)O2. The number of carbonyl (C=O) groups excluding carboxylic acids is 1. The number of carbonyl (C=O) groups is 1. The maximum atomic E-state index is 13.2. The lowest BCUT2D eigenvalue weighted by molar-refractivity contribution is -0.0176. The van der Waals surface area contributed by atoms with Gasteiger partial charge in [-0.2, -0.15) is 0 Å². The molecule has 36 heavy (non-hydrogen) atoms. The van der Waals surface area contributed by atoms with Gasteiger partial charge in [0.25, 0.3) is 0 Å². The van der Waals surface area contributed by atoms with Crippen LogP contribution in [0.3, 0.4) is 0 Å². The molecule has 0 N–H and O–H groups in total. The molecule has 0 saturated heterocycles. The zero-order chi connectivity index (χ0) is 24.8. The van der Waals surface area contributed by atoms with E-state index in [1.54, 1.807) is 12.1 Å². The van der Waals surface area contributed by atoms with Crippen LogP contribution in [-0.2, 0) is 29.3 Å². The van der Waals surface area contributed by atoms with Crippen molar-refractivity contribution in [1.82, 2.24) is 0 Å². The highest BCUT2D eigenvalue weighted by atomic mass is 79.9. The molecular weight excluding hydrogens is 596 g/mol. The van der Waals surface area contributed by atoms with E-state index in [9.17, 15) is 4.79 Å². The van der Waals surface area contributed by atoms with Gasteiger partial charge in [0.1, 0.15) is 29.6 Å². The number of Topliss-reactive ketones (excluding diaryl/α,β-unsaturated/α-hetero) is 1. The molecule has 0 amide bonds. The Balaban J connectivity index is 1.27. The predicted molar refractivity (Wildman–Crippen MR) is 137 cm³/mol. The van der Waals surface area contributed by atoms with Crippen LogP contribution in [0.1, 0.15) is 38.2 Å². The molecular formula is C27H20Br2O7. The van der Waals surface area contributed by atoms with E-state index in [-0.39, 0.29) is 25.1 Å². The summed E-state index contributed by atoms with van der Waals surface area (Å²) in [4.78, 5) is 13.2. The van der Waals surface area contributed by atoms with E-state index in [4.69, 9.17) is 28.4 Å². The molecule has 7 nitrogen and oxygen atoms in total. The standard InChI is InChI=1S/C27H20Br2O7/c1-14-2-21(33-11-18-6-20(29)5-17-10-32-13-35-27(17)18)8-22-24(14)25(30)23(36-22)7-15-3-19(28)4-16-9-31-12-34-26(15)16/h2-8H,9-13H2,1H3/b23-7-. The minimum Gasteiger partial charge on any atom is -0.489 e. The van der Waals surface area contributed by atoms with E-state index in [0.717, 1.165) is 42.5 Å². The summed E-state index contributed by atoms with van der Waals surface area (Å²) in [5.41, 5.74) is 4.83. The van der Waals surface area contributed by atoms with Crippen molar-refractivity contribution >= 4 is 43.7 Å². The molecule has 9 heteroatoms. The first-order valence-electron chi connectivity index (χ1n) is 11.2. The van der Waals surface area contributed by atoms with Gasteiger partial charge in [0.15, 0.2) is 19.3 Å². The Bertz CT molecular complexity index is 1430. The minimum atomic E-state index is -0.177. The van der Waals surface area contributed by atoms with E-state index in [1.165, 1.54) is 0 Å². The zero-order valence-corrected chi connectivity index (χ0v) is 22.4. The van der Waals surface area contributed by atoms with Gasteiger partial charge in [-0.05, 0) is 48.9 Å². The second-order valence-electron chi connectivity index (χ2n) is 8.60. The van der Waals surface area contributed by atoms with Gasteiger partial charge in [0, 0.05) is 37.3 Å². The molecule has 0 aliphatic carbocycles. The van der Waals surface area contributed by atoms with E-state index in [1.807, 2.05) is 37.3 Å². The van der Waals surface area contributed by atoms with Gasteiger partial charge in [-0.1, -0.05) is 31.9 Å². The molecule has 3 heterocycles. The maximum absolute atomic E-state index is 13.2. The lowest BCUT2D eigenvalue weighted by Crippen LogP contribution is -2.14. The van der Waals surface area contributed by atoms with Crippen LogP contribution in [0.5, 0.6) is 23.0 Å². The molecule has 0 fully saturated rings. The Morgan fingerprint density at radius 2 is 1.61 bits per heavy atom. The predicted octanol–water partition coefficient (Wildman–Crippen LogP) is 6.45. The highest BCUT2D eigenvalue weighted by molar-refractivity contribution is 9.10. The molecule has 3 aliphatic rings. The normalized spacial score (nSPS) is 17.0. The third kappa shape index (κ3) is 4.41. The number of allylic oxidation sites excluding steroid dienone is 1. The van der Waals surface area contributed by atoms with Gasteiger partial charge in [-0.15, -0.1) is 0 Å². The quantitative estimate of drug-likeness (QED) is 0.312. The Kier molecular flexibility index (Phi) is 6.25. The average molecular weight is 616 g/mol. The number of rotatable bonds is 4. The summed E-state index contributed by atoms with van der Waals surface area (Å²) in [6.07, 6.45) is 1.71. The fourth-order valence-corrected chi connectivity index (χ4v) is 5.62. The van der Waals surface area contributed by atoms with Gasteiger partial charge in [-0.25, -0.2) is 0 Å². The number of hydrogen-bond acceptors (Lipinski definition) is 7. The summed E-state index contributed by atoms with van der Waals surface area (Å²) in [5.74, 6) is 2.59. The molecule has 3 aromatic carbocycles. The largest absolute Gasteiger partial charge is 0.489 e. The number of ether oxygens (including phenoxy) is 6. The number of aryl methyl sites for hydroxylation is 1. The summed E-state index contributed by atoms with van der Waals surface area (Å²) in [7, 11) is 0. The number of halogens is 2. The summed E-state index contributed by atoms with van der Waals surface area (Å²) in [6.45, 7) is 3.48. The first-order valence-corrected chi connectivity index (χ1v) is 12.8. The highest BCUT2D eigenvalue weighted by Crippen LogP contribution is 2.40. The average Bonchev–Trinajstić information content (AvgIpc) is 3.17. The number of fused-ring (bicyclic) bond motifs is 3. The molecule has 0 spiro atoms. The molecule has 6 rings (SSSR count). The number of benzene rings is 3. The second-order valence-corrected chi connectivity index (χ2v) is 10.4. The van der Waals surface area contributed by atoms with Gasteiger partial charge >= 0.3 is 0 Å². The first kappa shape index (κ1) is 23.5. The van der Waals surface area contributed by atoms with Crippen molar-refractivity contribution < 1.29 is 33.2 Å². The van der Waals surface area contributed by atoms with Crippen LogP contribution in [-0.4, -0.2) is 19.4 Å². The third-order valence-electron chi connectivity index (χ3n) is 6.08. The van der Waals surface area contributed by atoms with Crippen molar-refractivity contribution in [2.75, 3.05) is 13.6 Å². The molecule has 184 valence electrons. The molecule has 3 aliphatic heterocycles. The maximum Gasteiger partial charge on any atom is 0.232 e. The Morgan fingerprint density at radius 3 is 2.39 bits per heavy atom. The van der Waals surface area contributed by atoms with Crippen LogP contribution in [0, 0.1) is 6.92 Å². The van der Waals surface area contributed by atoms with E-state index in [2.05, 4.69) is 31.9 Å². The van der Waals surface area contributed by atoms with Crippen molar-refractivity contribution in [1.29, 1.82) is 0 Å². The molecule has 0 aromatic heterocycles. The second kappa shape index (κ2) is 9.55. The summed E-state index contributed by atoms with van der Waals surface area (Å²) in [6, 6.07) is 11.4. The molecule has 0 bridgehead atoms. The zero-order valence-electron chi connectivity index (χ0n) is 19.2. The Labute approximate surface area is 224 Å². The number of ketones is 1. The van der Waals surface area contributed by atoms with Crippen molar-refractivity contribution in [2.24, 2.45) is 0 Å². The first-order chi connectivity index (χ1) is 17.5. The van der Waals surface area contributed by atoms with Gasteiger partial charge in [-0.3, -0.25) is 4.79 Å². The minimum absolute atomic E-state index is 0.166. The van der Waals surface area contributed by atoms with Crippen LogP contribution < -0.4 is 18.9 Å². The summed E-state index contributed by atoms with van der Waals surface area (Å²) < 4.78 is 36.1. The van der Waals surface area contributed by atoms with Crippen LogP contribution in [0.15, 0.2) is 51.1 Å². The highest BCUT2D eigenvalue weighted by Gasteiger charge is 2.31. The van der Waals surface area contributed by atoms with E-state index < -0.39 is 0 Å². The van der Waals surface area contributed by atoms with Crippen LogP contribution in [0.4, 0.5) is 0 Å². The van der Waals surface area contributed by atoms with Crippen molar-refractivity contribution in [3.8, 4) is 23.0 Å². The van der Waals surface area contributed by atoms with Gasteiger partial charge in [0.2, 0.25) is 5.78 Å². The molecule has 0 atom stereocenters. The third-order valence-corrected chi connectivity index (χ3v) is 7.00. The molecule has 0 radical (unpaired) electrons. The van der Waals surface area contributed by atoms with Crippen LogP contribution in [0.25, 0.3) is 6.08 Å². The smallest absolute Gasteiger partial charge is 0.232 e. The topological polar surface area (TPSA) is 72.5 Å². The lowest BCUT2D eigenvalue weighted by atomic mass is 10.0. The summed E-state index contributed by atoms with van der Waals surface area (Å²) >= 11 is 7.06. The monoisotopic (exact) mass is 614 g/mol. The van der Waals surface area contributed by atoms with Crippen LogP contribution >= 0.6 is 31.9 Å². The fraction of sp³-hybridized carbons (Fsp3) is 0.222. The van der Waals surface area contributed by atoms with Crippen molar-refractivity contribution in [2.45, 2.75) is 26.7 Å². The fourth-order valence-electron chi connectivity index (χ4n) is 4.54. The van der Waals surface area contributed by atoms with E-state index in [0.29, 0.717) is 42.6 Å². The molecule has 0 unspecified atom stereocenters. The van der Waals surface area contributed by atoms with E-state index >= 15 is 0 Å². The molecule has 3 aromatic rings. The Hall–Kier alpha value is -2.85. The van der Waals surface area contributed by atoms with Crippen molar-refractivity contribution in [3.05, 3.63) is 84.5 Å². The summed E-state index contributed by atoms with van der Waals surface area (Å²) in [5, 5.41) is 0. The van der Waals surface area contributed by atoms with Crippen molar-refractivity contribution in [3.63, 3.8) is 0 Å². The Morgan fingerprint density at radius 1 is 0.917 bits per heavy atom. The van der Waals surface area contributed by atoms with Gasteiger partial charge < -0.3 is 28.4 Å². The van der Waals surface area contributed by atoms with Gasteiger partial charge in [0.05, 0.1) is 18.8 Å². The number of hydrogen-bond donors (Lipinski definition) is 0. The van der Waals surface area contributed by atoms with Crippen LogP contribution in [0.2, 0.25) is 0 Å². The lowest BCUT2D eigenvalue weighted by Gasteiger charge is -2.21. The molecule has 0 saturated carbocycles.